The number of hydrogen-bond acceptors (Lipinski definition) is 10. The van der Waals surface area contributed by atoms with Gasteiger partial charge in [-0.1, -0.05) is 125 Å². The summed E-state index contributed by atoms with van der Waals surface area (Å²) in [5, 5.41) is 24.9. The van der Waals surface area contributed by atoms with Crippen LogP contribution in [0.1, 0.15) is 143 Å². The highest BCUT2D eigenvalue weighted by molar-refractivity contribution is 7.14. The van der Waals surface area contributed by atoms with Crippen LogP contribution in [0.3, 0.4) is 0 Å². The fourth-order valence-electron chi connectivity index (χ4n) is 9.64. The first-order valence-corrected chi connectivity index (χ1v) is 27.3. The third kappa shape index (κ3) is 15.0. The minimum atomic E-state index is -0.729. The molecule has 0 saturated carbocycles. The van der Waals surface area contributed by atoms with Crippen molar-refractivity contribution in [1.82, 2.24) is 9.80 Å². The van der Waals surface area contributed by atoms with Gasteiger partial charge in [0.2, 0.25) is 11.8 Å². The number of ketones is 4. The lowest BCUT2D eigenvalue weighted by molar-refractivity contribution is -0.146. The summed E-state index contributed by atoms with van der Waals surface area (Å²) in [6.45, 7) is 25.6. The molecular weight excluding hydrogens is 929 g/mol. The van der Waals surface area contributed by atoms with Gasteiger partial charge in [-0.15, -0.1) is 22.7 Å². The number of likely N-dealkylation sites (tertiary alicyclic amines) is 2. The lowest BCUT2D eigenvalue weighted by atomic mass is 9.75. The molecule has 10 nitrogen and oxygen atoms in total. The van der Waals surface area contributed by atoms with Crippen molar-refractivity contribution in [2.45, 2.75) is 165 Å². The lowest BCUT2D eigenvalue weighted by Gasteiger charge is -2.35. The van der Waals surface area contributed by atoms with Crippen molar-refractivity contribution >= 4 is 57.6 Å². The second kappa shape index (κ2) is 24.4. The molecule has 0 aliphatic carbocycles. The van der Waals surface area contributed by atoms with E-state index in [9.17, 15) is 39.0 Å². The van der Waals surface area contributed by atoms with E-state index in [1.165, 1.54) is 32.0 Å². The first-order chi connectivity index (χ1) is 33.2. The average Bonchev–Trinajstić information content (AvgIpc) is 4.12. The van der Waals surface area contributed by atoms with Crippen LogP contribution in [0, 0.1) is 48.3 Å². The molecule has 6 rings (SSSR count). The molecule has 2 aromatic heterocycles. The quantitative estimate of drug-likeness (QED) is 0.100. The number of amides is 2. The number of nitrogens with zero attached hydrogens (tertiary/aromatic N) is 2. The second-order valence-corrected chi connectivity index (χ2v) is 24.8. The van der Waals surface area contributed by atoms with Crippen molar-refractivity contribution in [2.75, 3.05) is 13.1 Å². The number of carbonyl (C=O) groups is 6. The van der Waals surface area contributed by atoms with Crippen LogP contribution in [-0.4, -0.2) is 92.3 Å². The van der Waals surface area contributed by atoms with Gasteiger partial charge in [0.05, 0.1) is 24.3 Å². The van der Waals surface area contributed by atoms with E-state index in [1.54, 1.807) is 32.5 Å². The normalized spacial score (nSPS) is 19.6. The topological polar surface area (TPSA) is 149 Å². The van der Waals surface area contributed by atoms with E-state index >= 15 is 0 Å². The summed E-state index contributed by atoms with van der Waals surface area (Å²) in [4.78, 5) is 84.5. The molecule has 0 radical (unpaired) electrons. The lowest BCUT2D eigenvalue weighted by Crippen LogP contribution is -2.47. The molecule has 0 bridgehead atoms. The maximum atomic E-state index is 13.7. The monoisotopic (exact) mass is 1010 g/mol. The minimum Gasteiger partial charge on any atom is -0.391 e. The molecule has 2 N–H and O–H groups in total. The maximum absolute atomic E-state index is 13.7. The Labute approximate surface area is 431 Å². The number of benzene rings is 2. The molecule has 71 heavy (non-hydrogen) atoms. The third-order valence-corrected chi connectivity index (χ3v) is 16.6. The predicted molar refractivity (Wildman–Crippen MR) is 287 cm³/mol. The van der Waals surface area contributed by atoms with Gasteiger partial charge in [-0.2, -0.15) is 0 Å². The Balaban J connectivity index is 0.000000264. The number of thiophene rings is 2. The average molecular weight is 1010 g/mol. The van der Waals surface area contributed by atoms with E-state index in [4.69, 9.17) is 0 Å². The first-order valence-electron chi connectivity index (χ1n) is 25.5. The van der Waals surface area contributed by atoms with Gasteiger partial charge in [0, 0.05) is 85.0 Å². The Bertz CT molecular complexity index is 2470. The summed E-state index contributed by atoms with van der Waals surface area (Å²) >= 11 is 3.44. The molecule has 2 saturated heterocycles. The molecule has 386 valence electrons. The molecule has 0 unspecified atom stereocenters. The Kier molecular flexibility index (Phi) is 19.7. The van der Waals surface area contributed by atoms with Gasteiger partial charge >= 0.3 is 0 Å². The summed E-state index contributed by atoms with van der Waals surface area (Å²) in [7, 11) is 0. The van der Waals surface area contributed by atoms with Crippen molar-refractivity contribution in [1.29, 1.82) is 0 Å². The van der Waals surface area contributed by atoms with Crippen molar-refractivity contribution < 1.29 is 39.0 Å². The summed E-state index contributed by atoms with van der Waals surface area (Å²) < 4.78 is 0. The Morgan fingerprint density at radius 3 is 1.34 bits per heavy atom. The molecule has 12 heteroatoms. The molecule has 4 aromatic rings. The van der Waals surface area contributed by atoms with E-state index in [-0.39, 0.29) is 91.5 Å². The number of aryl methyl sites for hydroxylation is 3. The van der Waals surface area contributed by atoms with Crippen LogP contribution in [0.15, 0.2) is 71.4 Å². The molecule has 2 aliphatic heterocycles. The standard InChI is InChI=1S/C30H41NO4S.C29H39NO4S/c1-18(2)26(33)16-24(30(5,6)7)29(35)31-17-23(32)15-25(31)27(34)14-20(4)21-8-10-22(11-9-21)28-19(3)12-13-36-28;1-18(2)26(33)16-23(29(4,5)6)28(34)30-17-22(31)15-24(30)25(32)12-9-20-7-10-21(11-8-20)27-19(3)13-14-35-27/h8-13,18,20,23-25,32H,14-17H2,1-7H3;7-8,10-11,13-14,18,22-24,31H,9,12,15-17H2,1-6H3/t20-,23-,24-,25+;22-,23-,24+/m11/s1. The highest BCUT2D eigenvalue weighted by atomic mass is 32.1. The van der Waals surface area contributed by atoms with E-state index < -0.39 is 47.0 Å². The van der Waals surface area contributed by atoms with Gasteiger partial charge in [-0.3, -0.25) is 28.8 Å². The molecule has 0 spiro atoms. The van der Waals surface area contributed by atoms with Gasteiger partial charge < -0.3 is 20.0 Å². The van der Waals surface area contributed by atoms with Crippen LogP contribution >= 0.6 is 22.7 Å². The molecule has 2 fully saturated rings. The summed E-state index contributed by atoms with van der Waals surface area (Å²) in [5.41, 5.74) is 6.15. The van der Waals surface area contributed by atoms with Crippen LogP contribution in [0.25, 0.3) is 20.9 Å². The number of aliphatic hydroxyl groups is 2. The smallest absolute Gasteiger partial charge is 0.227 e. The van der Waals surface area contributed by atoms with Gasteiger partial charge in [-0.05, 0) is 93.3 Å². The summed E-state index contributed by atoms with van der Waals surface area (Å²) in [5.74, 6) is -1.74. The van der Waals surface area contributed by atoms with E-state index in [0.29, 0.717) is 19.3 Å². The zero-order valence-electron chi connectivity index (χ0n) is 44.5. The number of carbonyl (C=O) groups excluding carboxylic acids is 6. The van der Waals surface area contributed by atoms with Crippen LogP contribution in [0.2, 0.25) is 0 Å². The highest BCUT2D eigenvalue weighted by Gasteiger charge is 2.46. The highest BCUT2D eigenvalue weighted by Crippen LogP contribution is 2.38. The van der Waals surface area contributed by atoms with Crippen molar-refractivity contribution in [3.05, 3.63) is 93.7 Å². The fraction of sp³-hybridized carbons (Fsp3) is 0.559. The molecule has 4 heterocycles. The maximum Gasteiger partial charge on any atom is 0.227 e. The van der Waals surface area contributed by atoms with Crippen molar-refractivity contribution in [2.24, 2.45) is 34.5 Å². The van der Waals surface area contributed by atoms with Crippen LogP contribution in [0.5, 0.6) is 0 Å². The number of Topliss-reactive ketones (excluding diaryl/α,β-unsaturated/α-hetero) is 4. The minimum absolute atomic E-state index is 0.00777. The van der Waals surface area contributed by atoms with E-state index in [1.807, 2.05) is 76.2 Å². The van der Waals surface area contributed by atoms with Crippen LogP contribution in [-0.2, 0) is 35.2 Å². The fourth-order valence-corrected chi connectivity index (χ4v) is 11.5. The molecular formula is C59H80N2O8S2. The SMILES string of the molecule is Cc1ccsc1-c1ccc(CCC(=O)[C@@H]2C[C@@H](O)CN2C(=O)[C@@H](CC(=O)C(C)C)C(C)(C)C)cc1.Cc1ccsc1-c1ccc([C@H](C)CC(=O)[C@@H]2C[C@@H](O)CN2C(=O)[C@@H](CC(=O)C(C)C)C(C)(C)C)cc1. The van der Waals surface area contributed by atoms with Crippen LogP contribution < -0.4 is 0 Å². The van der Waals surface area contributed by atoms with E-state index in [0.717, 1.165) is 11.1 Å². The molecule has 7 atom stereocenters. The Morgan fingerprint density at radius 2 is 0.972 bits per heavy atom. The van der Waals surface area contributed by atoms with Crippen molar-refractivity contribution in [3.63, 3.8) is 0 Å². The Morgan fingerprint density at radius 1 is 0.577 bits per heavy atom. The van der Waals surface area contributed by atoms with E-state index in [2.05, 4.69) is 85.3 Å². The Hall–Kier alpha value is -4.62. The number of rotatable bonds is 18. The largest absolute Gasteiger partial charge is 0.391 e. The van der Waals surface area contributed by atoms with Gasteiger partial charge in [-0.25, -0.2) is 0 Å². The van der Waals surface area contributed by atoms with Crippen molar-refractivity contribution in [3.8, 4) is 20.9 Å². The molecule has 2 amide bonds. The molecule has 2 aromatic carbocycles. The molecule has 2 aliphatic rings. The summed E-state index contributed by atoms with van der Waals surface area (Å²) in [6.07, 6.45) is 0.567. The third-order valence-electron chi connectivity index (χ3n) is 14.5. The predicted octanol–water partition coefficient (Wildman–Crippen LogP) is 11.5. The second-order valence-electron chi connectivity index (χ2n) is 23.0. The zero-order valence-corrected chi connectivity index (χ0v) is 46.2. The first kappa shape index (κ1) is 57.3. The van der Waals surface area contributed by atoms with Gasteiger partial charge in [0.1, 0.15) is 11.6 Å². The van der Waals surface area contributed by atoms with Crippen LogP contribution in [0.4, 0.5) is 0 Å². The number of hydrogen-bond donors (Lipinski definition) is 2. The van der Waals surface area contributed by atoms with Gasteiger partial charge in [0.25, 0.3) is 0 Å². The number of β-amino-alcohol motifs (C(OH)–C–C–N with tert-alkyl or cyclic N) is 2. The zero-order chi connectivity index (χ0) is 52.7. The van der Waals surface area contributed by atoms with Gasteiger partial charge in [0.15, 0.2) is 11.6 Å². The number of aliphatic hydroxyl groups excluding tert-OH is 2. The summed E-state index contributed by atoms with van der Waals surface area (Å²) in [6, 6.07) is 19.6.